The number of hydrogen-bond acceptors (Lipinski definition) is 0. The van der Waals surface area contributed by atoms with Crippen molar-refractivity contribution in [2.24, 2.45) is 0 Å². The third-order valence-corrected chi connectivity index (χ3v) is 2.81. The summed E-state index contributed by atoms with van der Waals surface area (Å²) in [6.45, 7) is 6.60. The van der Waals surface area contributed by atoms with E-state index in [9.17, 15) is 0 Å². The van der Waals surface area contributed by atoms with Crippen LogP contribution in [0.3, 0.4) is 0 Å². The summed E-state index contributed by atoms with van der Waals surface area (Å²) in [5.41, 5.74) is 3.61. The molecule has 0 heterocycles. The molecule has 74 valence electrons. The Kier molecular flexibility index (Phi) is 4.25. The molecule has 0 N–H and O–H groups in total. The SMILES string of the molecule is [B]c1ccc(C)cc1C(CC)CCC. The summed E-state index contributed by atoms with van der Waals surface area (Å²) in [4.78, 5) is 0. The first-order valence-electron chi connectivity index (χ1n) is 5.55. The molecule has 2 radical (unpaired) electrons. The molecule has 14 heavy (non-hydrogen) atoms. The van der Waals surface area contributed by atoms with E-state index in [2.05, 4.69) is 32.9 Å². The third kappa shape index (κ3) is 2.63. The molecule has 0 fully saturated rings. The Balaban J connectivity index is 2.96. The van der Waals surface area contributed by atoms with Crippen molar-refractivity contribution in [3.05, 3.63) is 29.3 Å². The lowest BCUT2D eigenvalue weighted by Gasteiger charge is -2.17. The molecule has 0 aliphatic rings. The predicted molar refractivity (Wildman–Crippen MR) is 64.5 cm³/mol. The molecular weight excluding hydrogens is 167 g/mol. The highest BCUT2D eigenvalue weighted by Gasteiger charge is 2.10. The summed E-state index contributed by atoms with van der Waals surface area (Å²) in [5.74, 6) is 0.639. The number of rotatable bonds is 4. The molecule has 0 aliphatic heterocycles. The van der Waals surface area contributed by atoms with E-state index in [0.717, 1.165) is 5.46 Å². The van der Waals surface area contributed by atoms with Crippen LogP contribution in [0.1, 0.15) is 50.2 Å². The van der Waals surface area contributed by atoms with E-state index in [1.54, 1.807) is 0 Å². The van der Waals surface area contributed by atoms with Gasteiger partial charge in [-0.3, -0.25) is 0 Å². The lowest BCUT2D eigenvalue weighted by Crippen LogP contribution is -2.14. The van der Waals surface area contributed by atoms with Crippen molar-refractivity contribution >= 4 is 13.3 Å². The van der Waals surface area contributed by atoms with Gasteiger partial charge in [-0.15, -0.1) is 0 Å². The van der Waals surface area contributed by atoms with Gasteiger partial charge in [-0.2, -0.15) is 0 Å². The van der Waals surface area contributed by atoms with Crippen molar-refractivity contribution in [2.75, 3.05) is 0 Å². The summed E-state index contributed by atoms with van der Waals surface area (Å²) in [7, 11) is 6.00. The van der Waals surface area contributed by atoms with Crippen LogP contribution in [0.15, 0.2) is 18.2 Å². The van der Waals surface area contributed by atoms with Gasteiger partial charge in [0.15, 0.2) is 0 Å². The largest absolute Gasteiger partial charge is 0.114 e. The fraction of sp³-hybridized carbons (Fsp3) is 0.538. The zero-order valence-corrected chi connectivity index (χ0v) is 9.51. The Morgan fingerprint density at radius 3 is 2.57 bits per heavy atom. The summed E-state index contributed by atoms with van der Waals surface area (Å²) in [6, 6.07) is 6.35. The average molecular weight is 186 g/mol. The van der Waals surface area contributed by atoms with E-state index in [1.165, 1.54) is 30.4 Å². The molecule has 0 aromatic heterocycles. The van der Waals surface area contributed by atoms with Gasteiger partial charge in [-0.05, 0) is 25.7 Å². The minimum Gasteiger partial charge on any atom is -0.0932 e. The molecule has 1 rings (SSSR count). The molecule has 0 saturated carbocycles. The Hall–Kier alpha value is -0.715. The van der Waals surface area contributed by atoms with Crippen LogP contribution in [-0.4, -0.2) is 7.85 Å². The minimum absolute atomic E-state index is 0.639. The van der Waals surface area contributed by atoms with E-state index in [-0.39, 0.29) is 0 Å². The first-order chi connectivity index (χ1) is 6.69. The molecule has 1 aromatic carbocycles. The molecule has 0 spiro atoms. The monoisotopic (exact) mass is 186 g/mol. The van der Waals surface area contributed by atoms with E-state index in [0.29, 0.717) is 5.92 Å². The summed E-state index contributed by atoms with van der Waals surface area (Å²) >= 11 is 0. The Bertz CT molecular complexity index is 291. The van der Waals surface area contributed by atoms with Crippen LogP contribution >= 0.6 is 0 Å². The molecule has 0 amide bonds. The first-order valence-corrected chi connectivity index (χ1v) is 5.55. The van der Waals surface area contributed by atoms with Crippen LogP contribution in [0.4, 0.5) is 0 Å². The fourth-order valence-electron chi connectivity index (χ4n) is 1.98. The van der Waals surface area contributed by atoms with Gasteiger partial charge in [0.25, 0.3) is 0 Å². The van der Waals surface area contributed by atoms with Crippen molar-refractivity contribution in [1.29, 1.82) is 0 Å². The van der Waals surface area contributed by atoms with Crippen LogP contribution < -0.4 is 5.46 Å². The van der Waals surface area contributed by atoms with Crippen LogP contribution in [0.2, 0.25) is 0 Å². The second-order valence-electron chi connectivity index (χ2n) is 4.03. The van der Waals surface area contributed by atoms with Gasteiger partial charge in [-0.1, -0.05) is 55.1 Å². The molecular formula is C13H19B. The van der Waals surface area contributed by atoms with Crippen molar-refractivity contribution in [2.45, 2.75) is 46.0 Å². The van der Waals surface area contributed by atoms with E-state index >= 15 is 0 Å². The lowest BCUT2D eigenvalue weighted by molar-refractivity contribution is 0.598. The highest BCUT2D eigenvalue weighted by Crippen LogP contribution is 2.23. The first kappa shape index (κ1) is 11.4. The van der Waals surface area contributed by atoms with Crippen LogP contribution in [0.25, 0.3) is 0 Å². The van der Waals surface area contributed by atoms with Gasteiger partial charge in [0.2, 0.25) is 0 Å². The van der Waals surface area contributed by atoms with Crippen molar-refractivity contribution in [3.8, 4) is 0 Å². The quantitative estimate of drug-likeness (QED) is 0.634. The average Bonchev–Trinajstić information content (AvgIpc) is 2.18. The second kappa shape index (κ2) is 5.24. The number of aryl methyl sites for hydroxylation is 1. The molecule has 1 heteroatoms. The van der Waals surface area contributed by atoms with Crippen molar-refractivity contribution in [3.63, 3.8) is 0 Å². The normalized spacial score (nSPS) is 12.8. The van der Waals surface area contributed by atoms with E-state index < -0.39 is 0 Å². The maximum atomic E-state index is 6.00. The van der Waals surface area contributed by atoms with E-state index in [1.807, 2.05) is 6.07 Å². The summed E-state index contributed by atoms with van der Waals surface area (Å²) < 4.78 is 0. The molecule has 0 bridgehead atoms. The zero-order valence-electron chi connectivity index (χ0n) is 9.51. The molecule has 1 unspecified atom stereocenters. The van der Waals surface area contributed by atoms with Crippen molar-refractivity contribution in [1.82, 2.24) is 0 Å². The maximum absolute atomic E-state index is 6.00. The smallest absolute Gasteiger partial charge is 0.0932 e. The van der Waals surface area contributed by atoms with Crippen molar-refractivity contribution < 1.29 is 0 Å². The lowest BCUT2D eigenvalue weighted by atomic mass is 9.80. The molecule has 0 nitrogen and oxygen atoms in total. The van der Waals surface area contributed by atoms with Gasteiger partial charge >= 0.3 is 0 Å². The standard InChI is InChI=1S/C13H19B/c1-4-6-11(5-2)12-9-10(3)7-8-13(12)14/h7-9,11H,4-6H2,1-3H3. The second-order valence-corrected chi connectivity index (χ2v) is 4.03. The third-order valence-electron chi connectivity index (χ3n) is 2.81. The number of hydrogen-bond donors (Lipinski definition) is 0. The van der Waals surface area contributed by atoms with Gasteiger partial charge in [0, 0.05) is 0 Å². The van der Waals surface area contributed by atoms with Crippen LogP contribution in [0, 0.1) is 6.92 Å². The van der Waals surface area contributed by atoms with Crippen LogP contribution in [0.5, 0.6) is 0 Å². The Morgan fingerprint density at radius 1 is 1.29 bits per heavy atom. The van der Waals surface area contributed by atoms with Gasteiger partial charge in [-0.25, -0.2) is 0 Å². The zero-order chi connectivity index (χ0) is 10.6. The van der Waals surface area contributed by atoms with Gasteiger partial charge < -0.3 is 0 Å². The number of benzene rings is 1. The predicted octanol–water partition coefficient (Wildman–Crippen LogP) is 3.08. The maximum Gasteiger partial charge on any atom is 0.114 e. The highest BCUT2D eigenvalue weighted by molar-refractivity contribution is 6.33. The topological polar surface area (TPSA) is 0 Å². The highest BCUT2D eigenvalue weighted by atomic mass is 14.1. The molecule has 0 aliphatic carbocycles. The van der Waals surface area contributed by atoms with Gasteiger partial charge in [0.05, 0.1) is 0 Å². The Labute approximate surface area is 89.1 Å². The fourth-order valence-corrected chi connectivity index (χ4v) is 1.98. The minimum atomic E-state index is 0.639. The van der Waals surface area contributed by atoms with E-state index in [4.69, 9.17) is 7.85 Å². The Morgan fingerprint density at radius 2 is 2.00 bits per heavy atom. The molecule has 1 atom stereocenters. The summed E-state index contributed by atoms with van der Waals surface area (Å²) in [6.07, 6.45) is 3.65. The van der Waals surface area contributed by atoms with Crippen LogP contribution in [-0.2, 0) is 0 Å². The molecule has 0 saturated heterocycles. The molecule has 1 aromatic rings. The summed E-state index contributed by atoms with van der Waals surface area (Å²) in [5, 5.41) is 0. The van der Waals surface area contributed by atoms with Gasteiger partial charge in [0.1, 0.15) is 7.85 Å².